The molecular weight excluding hydrogens is 615 g/mol. The molecule has 1 aliphatic rings. The van der Waals surface area contributed by atoms with Gasteiger partial charge >= 0.3 is 5.97 Å². The monoisotopic (exact) mass is 638 g/mol. The van der Waals surface area contributed by atoms with Gasteiger partial charge in [-0.25, -0.2) is 19.2 Å². The maximum atomic E-state index is 13.3. The number of thiazole rings is 1. The van der Waals surface area contributed by atoms with E-state index in [0.29, 0.717) is 5.01 Å². The van der Waals surface area contributed by atoms with E-state index in [2.05, 4.69) is 31.2 Å². The van der Waals surface area contributed by atoms with Gasteiger partial charge in [0, 0.05) is 13.0 Å². The summed E-state index contributed by atoms with van der Waals surface area (Å²) in [6.07, 6.45) is 1.30. The van der Waals surface area contributed by atoms with E-state index in [4.69, 9.17) is 27.5 Å². The van der Waals surface area contributed by atoms with Crippen LogP contribution in [0.4, 0.5) is 10.2 Å². The second-order valence-corrected chi connectivity index (χ2v) is 11.5. The second-order valence-electron chi connectivity index (χ2n) is 10.0. The molecule has 4 heterocycles. The van der Waals surface area contributed by atoms with Crippen molar-refractivity contribution in [2.75, 3.05) is 11.9 Å². The number of terminal acetylenes is 1. The quantitative estimate of drug-likeness (QED) is 0.131. The van der Waals surface area contributed by atoms with Crippen molar-refractivity contribution in [1.82, 2.24) is 24.5 Å². The Morgan fingerprint density at radius 2 is 2.02 bits per heavy atom. The number of rotatable bonds is 10. The number of para-hydroxylation sites is 1. The van der Waals surface area contributed by atoms with Gasteiger partial charge < -0.3 is 30.1 Å². The van der Waals surface area contributed by atoms with E-state index < -0.39 is 42.7 Å². The molecule has 5 aromatic rings. The fourth-order valence-electron chi connectivity index (χ4n) is 4.89. The first-order valence-electron chi connectivity index (χ1n) is 13.3. The number of halogens is 2. The van der Waals surface area contributed by atoms with Gasteiger partial charge in [0.1, 0.15) is 18.0 Å². The van der Waals surface area contributed by atoms with Gasteiger partial charge in [0.15, 0.2) is 34.9 Å². The number of anilines is 1. The third-order valence-corrected chi connectivity index (χ3v) is 8.44. The molecule has 12 nitrogen and oxygen atoms in total. The average molecular weight is 639 g/mol. The summed E-state index contributed by atoms with van der Waals surface area (Å²) in [5.41, 5.74) is -0.295. The normalized spacial score (nSPS) is 22.3. The van der Waals surface area contributed by atoms with Crippen LogP contribution in [-0.4, -0.2) is 76.3 Å². The number of carbonyl (C=O) groups is 1. The molecule has 2 aromatic carbocycles. The number of ether oxygens (including phenoxy) is 2. The summed E-state index contributed by atoms with van der Waals surface area (Å²) in [5.74, 6) is 0.839. The molecule has 0 aliphatic carbocycles. The van der Waals surface area contributed by atoms with Crippen LogP contribution in [0.3, 0.4) is 0 Å². The molecule has 0 spiro atoms. The minimum atomic E-state index is -2.25. The molecule has 1 saturated heterocycles. The van der Waals surface area contributed by atoms with Gasteiger partial charge in [-0.15, -0.1) is 17.8 Å². The van der Waals surface area contributed by atoms with Gasteiger partial charge in [-0.1, -0.05) is 30.2 Å². The van der Waals surface area contributed by atoms with Crippen LogP contribution in [0, 0.1) is 18.2 Å². The van der Waals surface area contributed by atoms with Crippen molar-refractivity contribution in [2.45, 2.75) is 43.1 Å². The van der Waals surface area contributed by atoms with Crippen molar-refractivity contribution in [3.63, 3.8) is 0 Å². The molecule has 0 bridgehead atoms. The van der Waals surface area contributed by atoms with E-state index in [1.54, 1.807) is 12.1 Å². The number of aliphatic carboxylic acids is 1. The first kappa shape index (κ1) is 29.8. The van der Waals surface area contributed by atoms with E-state index in [1.165, 1.54) is 34.4 Å². The van der Waals surface area contributed by atoms with Gasteiger partial charge in [0.2, 0.25) is 5.28 Å². The fourth-order valence-corrected chi connectivity index (χ4v) is 6.05. The molecule has 5 atom stereocenters. The van der Waals surface area contributed by atoms with E-state index in [-0.39, 0.29) is 41.0 Å². The topological polar surface area (TPSA) is 165 Å². The third kappa shape index (κ3) is 5.69. The van der Waals surface area contributed by atoms with E-state index >= 15 is 0 Å². The lowest BCUT2D eigenvalue weighted by atomic mass is 9.93. The first-order valence-corrected chi connectivity index (χ1v) is 14.5. The van der Waals surface area contributed by atoms with Crippen molar-refractivity contribution in [3.05, 3.63) is 76.5 Å². The third-order valence-electron chi connectivity index (χ3n) is 7.21. The Bertz CT molecular complexity index is 1850. The van der Waals surface area contributed by atoms with Crippen LogP contribution in [0.15, 0.2) is 54.9 Å². The van der Waals surface area contributed by atoms with Crippen LogP contribution in [0.5, 0.6) is 0 Å². The van der Waals surface area contributed by atoms with Gasteiger partial charge in [-0.2, -0.15) is 9.97 Å². The number of fused-ring (bicyclic) bond motifs is 2. The molecule has 3 aromatic heterocycles. The number of aliphatic hydroxyl groups is 2. The highest BCUT2D eigenvalue weighted by molar-refractivity contribution is 7.18. The Labute approximate surface area is 258 Å². The smallest absolute Gasteiger partial charge is 0.333 e. The van der Waals surface area contributed by atoms with Gasteiger partial charge in [-0.3, -0.25) is 4.57 Å². The predicted octanol–water partition coefficient (Wildman–Crippen LogP) is 3.18. The molecule has 226 valence electrons. The van der Waals surface area contributed by atoms with Crippen molar-refractivity contribution in [1.29, 1.82) is 0 Å². The molecular formula is C29H24ClFN6O6S. The zero-order valence-corrected chi connectivity index (χ0v) is 24.2. The largest absolute Gasteiger partial charge is 0.479 e. The maximum Gasteiger partial charge on any atom is 0.333 e. The highest BCUT2D eigenvalue weighted by atomic mass is 35.5. The number of carboxylic acid groups (broad SMARTS) is 1. The van der Waals surface area contributed by atoms with Crippen molar-refractivity contribution in [3.8, 4) is 12.3 Å². The number of imidazole rings is 1. The minimum Gasteiger partial charge on any atom is -0.479 e. The molecule has 0 amide bonds. The minimum absolute atomic E-state index is 0.0306. The molecule has 15 heteroatoms. The standard InChI is InChI=1S/C29H24ClFN6O6S/c1-2-29(41)20(13-42-18(27(39)40)11-21-34-17-5-3-4-6-19(17)44-21)43-26(23(29)38)37-14-33-22-24(35-28(30)36-25(22)37)32-12-15-7-9-16(31)10-8-15/h1,3-10,14,18,20,23,26,38,41H,11-13H2,(H,39,40)(H,32,35,36)/t18?,20-,23+,26-,29-/m1/s1. The van der Waals surface area contributed by atoms with Crippen LogP contribution in [0.1, 0.15) is 16.8 Å². The Morgan fingerprint density at radius 1 is 1.25 bits per heavy atom. The summed E-state index contributed by atoms with van der Waals surface area (Å²) >= 11 is 7.55. The van der Waals surface area contributed by atoms with Crippen LogP contribution in [-0.2, 0) is 27.2 Å². The van der Waals surface area contributed by atoms with Crippen molar-refractivity contribution < 1.29 is 34.0 Å². The summed E-state index contributed by atoms with van der Waals surface area (Å²) in [4.78, 5) is 29.3. The summed E-state index contributed by atoms with van der Waals surface area (Å²) in [5, 5.41) is 35.7. The zero-order chi connectivity index (χ0) is 31.0. The SMILES string of the molecule is C#C[C@@]1(O)[C@@H](COC(Cc2nc3ccccc3s2)C(=O)O)O[C@@H](n2cnc3c(NCc4ccc(F)cc4)nc(Cl)nc32)[C@@H]1O. The Balaban J connectivity index is 1.21. The average Bonchev–Trinajstić information content (AvgIpc) is 3.69. The van der Waals surface area contributed by atoms with Crippen LogP contribution >= 0.6 is 22.9 Å². The number of nitrogens with one attached hydrogen (secondary N) is 1. The Hall–Kier alpha value is -4.23. The van der Waals surface area contributed by atoms with E-state index in [0.717, 1.165) is 15.8 Å². The number of aliphatic hydroxyl groups excluding tert-OH is 1. The Morgan fingerprint density at radius 3 is 2.75 bits per heavy atom. The van der Waals surface area contributed by atoms with Crippen LogP contribution in [0.25, 0.3) is 21.4 Å². The van der Waals surface area contributed by atoms with Gasteiger partial charge in [0.05, 0.1) is 28.2 Å². The second kappa shape index (κ2) is 12.0. The molecule has 1 unspecified atom stereocenters. The summed E-state index contributed by atoms with van der Waals surface area (Å²) < 4.78 is 27.2. The van der Waals surface area contributed by atoms with Crippen molar-refractivity contribution in [2.24, 2.45) is 0 Å². The zero-order valence-electron chi connectivity index (χ0n) is 22.7. The summed E-state index contributed by atoms with van der Waals surface area (Å²) in [6, 6.07) is 13.3. The van der Waals surface area contributed by atoms with E-state index in [1.807, 2.05) is 24.3 Å². The van der Waals surface area contributed by atoms with Crippen LogP contribution < -0.4 is 5.32 Å². The highest BCUT2D eigenvalue weighted by Crippen LogP contribution is 2.39. The highest BCUT2D eigenvalue weighted by Gasteiger charge is 2.56. The molecule has 1 fully saturated rings. The number of benzene rings is 2. The van der Waals surface area contributed by atoms with E-state index in [9.17, 15) is 24.5 Å². The molecule has 44 heavy (non-hydrogen) atoms. The van der Waals surface area contributed by atoms with Crippen LogP contribution in [0.2, 0.25) is 5.28 Å². The lowest BCUT2D eigenvalue weighted by Crippen LogP contribution is -2.48. The van der Waals surface area contributed by atoms with Crippen molar-refractivity contribution >= 4 is 56.1 Å². The molecule has 1 aliphatic heterocycles. The first-order chi connectivity index (χ1) is 21.2. The Kier molecular flexibility index (Phi) is 8.16. The number of carboxylic acids is 1. The lowest BCUT2D eigenvalue weighted by molar-refractivity contribution is -0.156. The number of hydrogen-bond acceptors (Lipinski definition) is 11. The predicted molar refractivity (Wildman–Crippen MR) is 158 cm³/mol. The molecule has 0 radical (unpaired) electrons. The molecule has 6 rings (SSSR count). The summed E-state index contributed by atoms with van der Waals surface area (Å²) in [7, 11) is 0. The number of aromatic nitrogens is 5. The number of nitrogens with zero attached hydrogens (tertiary/aromatic N) is 5. The maximum absolute atomic E-state index is 13.3. The molecule has 0 saturated carbocycles. The van der Waals surface area contributed by atoms with Gasteiger partial charge in [0.25, 0.3) is 0 Å². The molecule has 4 N–H and O–H groups in total. The lowest BCUT2D eigenvalue weighted by Gasteiger charge is -2.26. The number of hydrogen-bond donors (Lipinski definition) is 4. The van der Waals surface area contributed by atoms with Gasteiger partial charge in [-0.05, 0) is 41.4 Å². The fraction of sp³-hybridized carbons (Fsp3) is 0.276. The summed E-state index contributed by atoms with van der Waals surface area (Å²) in [6.45, 7) is -0.181.